The highest BCUT2D eigenvalue weighted by Gasteiger charge is 2.28. The van der Waals surface area contributed by atoms with E-state index < -0.39 is 11.7 Å². The number of amides is 2. The number of carbonyl (C=O) groups excluding carboxylic acids is 2. The van der Waals surface area contributed by atoms with Gasteiger partial charge in [0.05, 0.1) is 12.1 Å². The van der Waals surface area contributed by atoms with Crippen molar-refractivity contribution in [3.05, 3.63) is 107 Å². The zero-order valence-electron chi connectivity index (χ0n) is 17.8. The third-order valence-electron chi connectivity index (χ3n) is 6.22. The molecule has 2 heterocycles. The van der Waals surface area contributed by atoms with E-state index in [1.807, 2.05) is 24.3 Å². The van der Waals surface area contributed by atoms with E-state index in [9.17, 15) is 14.0 Å². The van der Waals surface area contributed by atoms with Crippen LogP contribution in [0.4, 0.5) is 4.39 Å². The van der Waals surface area contributed by atoms with Crippen LogP contribution in [-0.4, -0.2) is 33.0 Å². The molecule has 0 saturated carbocycles. The molecule has 0 aliphatic carbocycles. The fourth-order valence-corrected chi connectivity index (χ4v) is 4.56. The summed E-state index contributed by atoms with van der Waals surface area (Å²) >= 11 is 0. The van der Waals surface area contributed by atoms with Crippen LogP contribution in [0.2, 0.25) is 0 Å². The lowest BCUT2D eigenvalue weighted by atomic mass is 10.0. The first kappa shape index (κ1) is 20.9. The first-order valence-corrected chi connectivity index (χ1v) is 10.7. The summed E-state index contributed by atoms with van der Waals surface area (Å²) in [5.41, 5.74) is 6.37. The second-order valence-electron chi connectivity index (χ2n) is 8.12. The molecule has 0 unspecified atom stereocenters. The van der Waals surface area contributed by atoms with Gasteiger partial charge in [0.15, 0.2) is 0 Å². The van der Waals surface area contributed by atoms with Gasteiger partial charge in [0.1, 0.15) is 5.82 Å². The highest BCUT2D eigenvalue weighted by Crippen LogP contribution is 2.32. The molecule has 0 spiro atoms. The molecular weight excluding hydrogens is 421 g/mol. The number of hydrogen-bond acceptors (Lipinski definition) is 3. The number of carbonyl (C=O) groups is 2. The van der Waals surface area contributed by atoms with Crippen molar-refractivity contribution in [2.45, 2.75) is 19.5 Å². The largest absolute Gasteiger partial charge is 0.338 e. The summed E-state index contributed by atoms with van der Waals surface area (Å²) in [4.78, 5) is 26.4. The summed E-state index contributed by atoms with van der Waals surface area (Å²) in [6.07, 6.45) is 0.693. The van der Waals surface area contributed by atoms with Crippen LogP contribution in [0.25, 0.3) is 10.9 Å². The van der Waals surface area contributed by atoms with E-state index in [-0.39, 0.29) is 11.5 Å². The molecule has 0 atom stereocenters. The lowest BCUT2D eigenvalue weighted by molar-refractivity contribution is 0.0705. The van der Waals surface area contributed by atoms with E-state index in [1.165, 1.54) is 17.7 Å². The number of benzene rings is 3. The molecule has 6 nitrogen and oxygen atoms in total. The van der Waals surface area contributed by atoms with Crippen molar-refractivity contribution in [2.75, 3.05) is 6.54 Å². The minimum absolute atomic E-state index is 0.0846. The Morgan fingerprint density at radius 2 is 1.70 bits per heavy atom. The fourth-order valence-electron chi connectivity index (χ4n) is 4.56. The van der Waals surface area contributed by atoms with Crippen molar-refractivity contribution in [3.8, 4) is 0 Å². The highest BCUT2D eigenvalue weighted by molar-refractivity contribution is 5.95. The van der Waals surface area contributed by atoms with Gasteiger partial charge in [-0.1, -0.05) is 42.5 Å². The topological polar surface area (TPSA) is 74.6 Å². The molecule has 0 radical (unpaired) electrons. The van der Waals surface area contributed by atoms with Gasteiger partial charge >= 0.3 is 0 Å². The molecule has 0 saturated heterocycles. The number of halogens is 1. The molecule has 0 bridgehead atoms. The predicted octanol–water partition coefficient (Wildman–Crippen LogP) is 4.15. The molecule has 7 heteroatoms. The number of para-hydroxylation sites is 1. The molecule has 1 aromatic heterocycles. The Hall–Kier alpha value is -3.97. The third-order valence-corrected chi connectivity index (χ3v) is 6.22. The molecule has 1 aliphatic rings. The van der Waals surface area contributed by atoms with Crippen molar-refractivity contribution >= 4 is 22.7 Å². The average molecular weight is 443 g/mol. The van der Waals surface area contributed by atoms with E-state index in [4.69, 9.17) is 5.21 Å². The van der Waals surface area contributed by atoms with Crippen molar-refractivity contribution < 1.29 is 19.2 Å². The molecule has 2 N–H and O–H groups in total. The number of rotatable bonds is 4. The van der Waals surface area contributed by atoms with Gasteiger partial charge in [-0.05, 0) is 47.9 Å². The molecule has 166 valence electrons. The molecule has 0 fully saturated rings. The Labute approximate surface area is 189 Å². The quantitative estimate of drug-likeness (QED) is 0.368. The van der Waals surface area contributed by atoms with Crippen LogP contribution in [0.1, 0.15) is 37.5 Å². The predicted molar refractivity (Wildman–Crippen MR) is 122 cm³/mol. The maximum Gasteiger partial charge on any atom is 0.274 e. The van der Waals surface area contributed by atoms with Gasteiger partial charge in [0, 0.05) is 35.2 Å². The molecule has 4 aromatic rings. The number of nitrogens with one attached hydrogen (secondary N) is 1. The van der Waals surface area contributed by atoms with Gasteiger partial charge < -0.3 is 9.47 Å². The Morgan fingerprint density at radius 1 is 0.970 bits per heavy atom. The smallest absolute Gasteiger partial charge is 0.274 e. The number of hydrogen-bond donors (Lipinski definition) is 2. The molecule has 3 aromatic carbocycles. The van der Waals surface area contributed by atoms with Crippen LogP contribution in [0, 0.1) is 5.82 Å². The van der Waals surface area contributed by atoms with Gasteiger partial charge in [0.2, 0.25) is 0 Å². The van der Waals surface area contributed by atoms with Crippen molar-refractivity contribution in [2.24, 2.45) is 0 Å². The standard InChI is InChI=1S/C26H22FN3O3/c27-22-7-3-1-6-21(22)26(32)29-14-13-20-19-5-2-4-8-23(19)30(24(20)16-29)15-17-9-11-18(12-10-17)25(31)28-33/h1-12,33H,13-16H2,(H,28,31). The van der Waals surface area contributed by atoms with Gasteiger partial charge in [-0.2, -0.15) is 0 Å². The SMILES string of the molecule is O=C(NO)c1ccc(Cn2c3c(c4ccccc42)CCN(C(=O)c2ccccc2F)C3)cc1. The number of fused-ring (bicyclic) bond motifs is 3. The van der Waals surface area contributed by atoms with Crippen molar-refractivity contribution in [1.29, 1.82) is 0 Å². The summed E-state index contributed by atoms with van der Waals surface area (Å²) < 4.78 is 16.4. The van der Waals surface area contributed by atoms with E-state index >= 15 is 0 Å². The van der Waals surface area contributed by atoms with Crippen LogP contribution in [-0.2, 0) is 19.5 Å². The summed E-state index contributed by atoms with van der Waals surface area (Å²) in [6, 6.07) is 21.2. The van der Waals surface area contributed by atoms with E-state index in [0.29, 0.717) is 31.6 Å². The van der Waals surface area contributed by atoms with Gasteiger partial charge in [0.25, 0.3) is 11.8 Å². The zero-order valence-corrected chi connectivity index (χ0v) is 17.8. The summed E-state index contributed by atoms with van der Waals surface area (Å²) in [6.45, 7) is 1.47. The molecule has 33 heavy (non-hydrogen) atoms. The Kier molecular flexibility index (Phi) is 5.40. The first-order valence-electron chi connectivity index (χ1n) is 10.7. The lowest BCUT2D eigenvalue weighted by Gasteiger charge is -2.29. The normalized spacial score (nSPS) is 13.1. The first-order chi connectivity index (χ1) is 16.1. The van der Waals surface area contributed by atoms with E-state index in [0.717, 1.165) is 22.2 Å². The Bertz CT molecular complexity index is 1360. The van der Waals surface area contributed by atoms with Crippen LogP contribution in [0.15, 0.2) is 72.8 Å². The number of hydroxylamine groups is 1. The highest BCUT2D eigenvalue weighted by atomic mass is 19.1. The van der Waals surface area contributed by atoms with Gasteiger partial charge in [-0.3, -0.25) is 14.8 Å². The monoisotopic (exact) mass is 443 g/mol. The minimum Gasteiger partial charge on any atom is -0.338 e. The fraction of sp³-hybridized carbons (Fsp3) is 0.154. The zero-order chi connectivity index (χ0) is 22.9. The second-order valence-corrected chi connectivity index (χ2v) is 8.12. The Morgan fingerprint density at radius 3 is 2.45 bits per heavy atom. The van der Waals surface area contributed by atoms with Gasteiger partial charge in [-0.15, -0.1) is 0 Å². The van der Waals surface area contributed by atoms with E-state index in [1.54, 1.807) is 34.6 Å². The Balaban J connectivity index is 1.51. The van der Waals surface area contributed by atoms with Crippen LogP contribution in [0.5, 0.6) is 0 Å². The minimum atomic E-state index is -0.562. The summed E-state index contributed by atoms with van der Waals surface area (Å²) in [7, 11) is 0. The van der Waals surface area contributed by atoms with E-state index in [2.05, 4.69) is 16.7 Å². The second kappa shape index (κ2) is 8.52. The number of aromatic nitrogens is 1. The maximum atomic E-state index is 14.2. The maximum absolute atomic E-state index is 14.2. The third kappa shape index (κ3) is 3.76. The van der Waals surface area contributed by atoms with Crippen LogP contribution in [0.3, 0.4) is 0 Å². The average Bonchev–Trinajstić information content (AvgIpc) is 3.17. The van der Waals surface area contributed by atoms with Crippen LogP contribution < -0.4 is 5.48 Å². The molecular formula is C26H22FN3O3. The number of nitrogens with zero attached hydrogens (tertiary/aromatic N) is 2. The molecule has 2 amide bonds. The van der Waals surface area contributed by atoms with Gasteiger partial charge in [-0.25, -0.2) is 9.87 Å². The molecule has 1 aliphatic heterocycles. The summed E-state index contributed by atoms with van der Waals surface area (Å²) in [5.74, 6) is -1.39. The lowest BCUT2D eigenvalue weighted by Crippen LogP contribution is -2.37. The molecule has 5 rings (SSSR count). The van der Waals surface area contributed by atoms with Crippen LogP contribution >= 0.6 is 0 Å². The van der Waals surface area contributed by atoms with Crippen molar-refractivity contribution in [1.82, 2.24) is 14.9 Å². The van der Waals surface area contributed by atoms with Crippen molar-refractivity contribution in [3.63, 3.8) is 0 Å². The summed E-state index contributed by atoms with van der Waals surface area (Å²) in [5, 5.41) is 9.98.